The van der Waals surface area contributed by atoms with Gasteiger partial charge in [0.1, 0.15) is 12.0 Å². The van der Waals surface area contributed by atoms with Crippen LogP contribution in [0.25, 0.3) is 0 Å². The van der Waals surface area contributed by atoms with Crippen LogP contribution in [0.15, 0.2) is 47.3 Å². The topological polar surface area (TPSA) is 39.4 Å². The summed E-state index contributed by atoms with van der Waals surface area (Å²) >= 11 is 0. The predicted molar refractivity (Wildman–Crippen MR) is 55.1 cm³/mol. The molecule has 0 unspecified atom stereocenters. The van der Waals surface area contributed by atoms with Crippen LogP contribution in [0.3, 0.4) is 0 Å². The second-order valence-electron chi connectivity index (χ2n) is 3.07. The van der Waals surface area contributed by atoms with Crippen molar-refractivity contribution in [1.29, 1.82) is 0 Å². The number of ketones is 1. The van der Waals surface area contributed by atoms with Gasteiger partial charge in [0.15, 0.2) is 5.78 Å². The third-order valence-electron chi connectivity index (χ3n) is 2.14. The Kier molecular flexibility index (Phi) is 2.54. The fourth-order valence-electron chi connectivity index (χ4n) is 1.30. The summed E-state index contributed by atoms with van der Waals surface area (Å²) in [5.74, 6) is 0.685. The zero-order chi connectivity index (χ0) is 10.7. The summed E-state index contributed by atoms with van der Waals surface area (Å²) in [6.45, 7) is 0. The summed E-state index contributed by atoms with van der Waals surface area (Å²) in [5.41, 5.74) is 1.18. The first-order chi connectivity index (χ1) is 7.31. The van der Waals surface area contributed by atoms with Crippen molar-refractivity contribution in [3.05, 3.63) is 54.0 Å². The lowest BCUT2D eigenvalue weighted by Gasteiger charge is -2.00. The van der Waals surface area contributed by atoms with Gasteiger partial charge >= 0.3 is 0 Å². The van der Waals surface area contributed by atoms with E-state index in [-0.39, 0.29) is 5.78 Å². The van der Waals surface area contributed by atoms with E-state index in [2.05, 4.69) is 0 Å². The van der Waals surface area contributed by atoms with E-state index < -0.39 is 0 Å². The molecule has 76 valence electrons. The first kappa shape index (κ1) is 9.52. The number of hydrogen-bond donors (Lipinski definition) is 0. The van der Waals surface area contributed by atoms with E-state index in [1.165, 1.54) is 12.5 Å². The number of carbonyl (C=O) groups is 1. The average molecular weight is 202 g/mol. The molecule has 0 saturated carbocycles. The molecule has 0 N–H and O–H groups in total. The van der Waals surface area contributed by atoms with Crippen molar-refractivity contribution in [1.82, 2.24) is 0 Å². The van der Waals surface area contributed by atoms with Crippen LogP contribution in [0, 0.1) is 0 Å². The zero-order valence-electron chi connectivity index (χ0n) is 8.27. The predicted octanol–water partition coefficient (Wildman–Crippen LogP) is 2.52. The summed E-state index contributed by atoms with van der Waals surface area (Å²) in [6, 6.07) is 8.62. The maximum Gasteiger partial charge on any atom is 0.196 e. The molecule has 0 saturated heterocycles. The minimum Gasteiger partial charge on any atom is -0.497 e. The molecule has 0 amide bonds. The molecule has 15 heavy (non-hydrogen) atoms. The summed E-state index contributed by atoms with van der Waals surface area (Å²) < 4.78 is 9.87. The van der Waals surface area contributed by atoms with Crippen molar-refractivity contribution >= 4 is 5.78 Å². The number of benzene rings is 1. The quantitative estimate of drug-likeness (QED) is 0.718. The van der Waals surface area contributed by atoms with Crippen LogP contribution in [-0.4, -0.2) is 12.9 Å². The van der Waals surface area contributed by atoms with Crippen molar-refractivity contribution in [3.8, 4) is 5.75 Å². The SMILES string of the molecule is COc1ccc(C(=O)c2ccoc2)cc1. The van der Waals surface area contributed by atoms with Crippen molar-refractivity contribution in [3.63, 3.8) is 0 Å². The van der Waals surface area contributed by atoms with Crippen molar-refractivity contribution in [2.24, 2.45) is 0 Å². The molecule has 2 aromatic rings. The van der Waals surface area contributed by atoms with Crippen LogP contribution in [0.4, 0.5) is 0 Å². The van der Waals surface area contributed by atoms with E-state index in [9.17, 15) is 4.79 Å². The first-order valence-corrected chi connectivity index (χ1v) is 4.52. The second kappa shape index (κ2) is 4.00. The minimum absolute atomic E-state index is 0.0496. The van der Waals surface area contributed by atoms with E-state index in [0.29, 0.717) is 11.1 Å². The number of rotatable bonds is 3. The van der Waals surface area contributed by atoms with Gasteiger partial charge in [0.05, 0.1) is 18.9 Å². The first-order valence-electron chi connectivity index (χ1n) is 4.52. The lowest BCUT2D eigenvalue weighted by atomic mass is 10.1. The summed E-state index contributed by atoms with van der Waals surface area (Å²) in [7, 11) is 1.59. The van der Waals surface area contributed by atoms with Crippen molar-refractivity contribution < 1.29 is 13.9 Å². The lowest BCUT2D eigenvalue weighted by Crippen LogP contribution is -1.98. The molecule has 0 aliphatic rings. The van der Waals surface area contributed by atoms with Gasteiger partial charge in [-0.05, 0) is 30.3 Å². The molecule has 3 heteroatoms. The van der Waals surface area contributed by atoms with Gasteiger partial charge in [0.25, 0.3) is 0 Å². The highest BCUT2D eigenvalue weighted by molar-refractivity contribution is 6.08. The van der Waals surface area contributed by atoms with Gasteiger partial charge in [-0.3, -0.25) is 4.79 Å². The summed E-state index contributed by atoms with van der Waals surface area (Å²) in [6.07, 6.45) is 2.92. The Balaban J connectivity index is 2.27. The second-order valence-corrected chi connectivity index (χ2v) is 3.07. The monoisotopic (exact) mass is 202 g/mol. The molecule has 0 fully saturated rings. The average Bonchev–Trinajstić information content (AvgIpc) is 2.82. The zero-order valence-corrected chi connectivity index (χ0v) is 8.27. The summed E-state index contributed by atoms with van der Waals surface area (Å²) in [4.78, 5) is 11.8. The molecule has 2 rings (SSSR count). The number of furan rings is 1. The highest BCUT2D eigenvalue weighted by atomic mass is 16.5. The van der Waals surface area contributed by atoms with Crippen molar-refractivity contribution in [2.45, 2.75) is 0 Å². The Labute approximate surface area is 87.3 Å². The molecule has 1 aromatic carbocycles. The van der Waals surface area contributed by atoms with E-state index in [4.69, 9.17) is 9.15 Å². The van der Waals surface area contributed by atoms with E-state index >= 15 is 0 Å². The van der Waals surface area contributed by atoms with Gasteiger partial charge in [-0.15, -0.1) is 0 Å². The maximum atomic E-state index is 11.8. The number of ether oxygens (including phenoxy) is 1. The highest BCUT2D eigenvalue weighted by Crippen LogP contribution is 2.15. The van der Waals surface area contributed by atoms with Gasteiger partial charge < -0.3 is 9.15 Å². The highest BCUT2D eigenvalue weighted by Gasteiger charge is 2.09. The molecule has 3 nitrogen and oxygen atoms in total. The molecular weight excluding hydrogens is 192 g/mol. The molecular formula is C12H10O3. The van der Waals surface area contributed by atoms with E-state index in [1.54, 1.807) is 37.4 Å². The lowest BCUT2D eigenvalue weighted by molar-refractivity contribution is 0.103. The molecule has 0 aliphatic heterocycles. The van der Waals surface area contributed by atoms with Crippen LogP contribution >= 0.6 is 0 Å². The fraction of sp³-hybridized carbons (Fsp3) is 0.0833. The Morgan fingerprint density at radius 3 is 2.40 bits per heavy atom. The largest absolute Gasteiger partial charge is 0.497 e. The van der Waals surface area contributed by atoms with Crippen LogP contribution in [0.5, 0.6) is 5.75 Å². The smallest absolute Gasteiger partial charge is 0.196 e. The molecule has 0 spiro atoms. The third kappa shape index (κ3) is 1.91. The summed E-state index contributed by atoms with van der Waals surface area (Å²) in [5, 5.41) is 0. The minimum atomic E-state index is -0.0496. The van der Waals surface area contributed by atoms with Gasteiger partial charge in [-0.25, -0.2) is 0 Å². The normalized spacial score (nSPS) is 9.93. The van der Waals surface area contributed by atoms with Crippen LogP contribution in [0.1, 0.15) is 15.9 Å². The van der Waals surface area contributed by atoms with Crippen LogP contribution < -0.4 is 4.74 Å². The van der Waals surface area contributed by atoms with E-state index in [1.807, 2.05) is 0 Å². The van der Waals surface area contributed by atoms with Gasteiger partial charge in [0, 0.05) is 5.56 Å². The Bertz CT molecular complexity index is 440. The van der Waals surface area contributed by atoms with Crippen LogP contribution in [-0.2, 0) is 0 Å². The molecule has 1 aromatic heterocycles. The number of hydrogen-bond acceptors (Lipinski definition) is 3. The van der Waals surface area contributed by atoms with Crippen LogP contribution in [0.2, 0.25) is 0 Å². The Morgan fingerprint density at radius 2 is 1.87 bits per heavy atom. The molecule has 0 atom stereocenters. The third-order valence-corrected chi connectivity index (χ3v) is 2.14. The maximum absolute atomic E-state index is 11.8. The number of methoxy groups -OCH3 is 1. The van der Waals surface area contributed by atoms with E-state index in [0.717, 1.165) is 5.75 Å². The molecule has 0 bridgehead atoms. The van der Waals surface area contributed by atoms with Gasteiger partial charge in [-0.1, -0.05) is 0 Å². The Morgan fingerprint density at radius 1 is 1.13 bits per heavy atom. The molecule has 1 heterocycles. The molecule has 0 aliphatic carbocycles. The standard InChI is InChI=1S/C12H10O3/c1-14-11-4-2-9(3-5-11)12(13)10-6-7-15-8-10/h2-8H,1H3. The van der Waals surface area contributed by atoms with Gasteiger partial charge in [-0.2, -0.15) is 0 Å². The van der Waals surface area contributed by atoms with Gasteiger partial charge in [0.2, 0.25) is 0 Å². The van der Waals surface area contributed by atoms with Crippen molar-refractivity contribution in [2.75, 3.05) is 7.11 Å². The molecule has 0 radical (unpaired) electrons. The Hall–Kier alpha value is -2.03. The fourth-order valence-corrected chi connectivity index (χ4v) is 1.30. The number of carbonyl (C=O) groups excluding carboxylic acids is 1.